The second-order valence-electron chi connectivity index (χ2n) is 6.91. The third-order valence-corrected chi connectivity index (χ3v) is 3.50. The molecule has 0 heterocycles. The standard InChI is InChI=1S/C19H27NO5/c1-13(14-9-7-6-8-10-14)20-18(23)15(11-16(21)24-5)12-17(22)25-19(2,3)4/h6-10,13,15H,11-12H2,1-5H3,(H,20,23)/t13-,15-/m1/s1. The first kappa shape index (κ1) is 20.7. The number of esters is 2. The maximum Gasteiger partial charge on any atom is 0.307 e. The summed E-state index contributed by atoms with van der Waals surface area (Å²) in [5.41, 5.74) is 0.283. The molecule has 1 aromatic rings. The van der Waals surface area contributed by atoms with E-state index in [1.807, 2.05) is 37.3 Å². The van der Waals surface area contributed by atoms with Gasteiger partial charge in [0.15, 0.2) is 0 Å². The number of rotatable bonds is 7. The minimum Gasteiger partial charge on any atom is -0.469 e. The van der Waals surface area contributed by atoms with Crippen LogP contribution in [0.2, 0.25) is 0 Å². The Labute approximate surface area is 148 Å². The summed E-state index contributed by atoms with van der Waals surface area (Å²) in [6.45, 7) is 7.09. The summed E-state index contributed by atoms with van der Waals surface area (Å²) < 4.78 is 9.88. The van der Waals surface area contributed by atoms with E-state index < -0.39 is 23.5 Å². The van der Waals surface area contributed by atoms with Crippen LogP contribution in [0.4, 0.5) is 0 Å². The van der Waals surface area contributed by atoms with Gasteiger partial charge in [0.05, 0.1) is 31.9 Å². The smallest absolute Gasteiger partial charge is 0.307 e. The first-order valence-corrected chi connectivity index (χ1v) is 8.26. The molecule has 0 fully saturated rings. The first-order valence-electron chi connectivity index (χ1n) is 8.26. The van der Waals surface area contributed by atoms with E-state index in [1.165, 1.54) is 7.11 Å². The summed E-state index contributed by atoms with van der Waals surface area (Å²) in [6.07, 6.45) is -0.358. The van der Waals surface area contributed by atoms with E-state index in [0.29, 0.717) is 0 Å². The van der Waals surface area contributed by atoms with E-state index in [-0.39, 0.29) is 24.8 Å². The van der Waals surface area contributed by atoms with Crippen LogP contribution in [0.25, 0.3) is 0 Å². The van der Waals surface area contributed by atoms with E-state index in [9.17, 15) is 14.4 Å². The van der Waals surface area contributed by atoms with Crippen molar-refractivity contribution in [2.24, 2.45) is 5.92 Å². The predicted molar refractivity (Wildman–Crippen MR) is 93.6 cm³/mol. The number of methoxy groups -OCH3 is 1. The van der Waals surface area contributed by atoms with Crippen molar-refractivity contribution in [2.75, 3.05) is 7.11 Å². The predicted octanol–water partition coefficient (Wildman–Crippen LogP) is 2.77. The highest BCUT2D eigenvalue weighted by Crippen LogP contribution is 2.18. The molecule has 0 saturated heterocycles. The molecule has 2 atom stereocenters. The molecule has 0 radical (unpaired) electrons. The molecule has 0 spiro atoms. The van der Waals surface area contributed by atoms with E-state index in [1.54, 1.807) is 20.8 Å². The number of carbonyl (C=O) groups excluding carboxylic acids is 3. The van der Waals surface area contributed by atoms with Gasteiger partial charge in [0, 0.05) is 0 Å². The van der Waals surface area contributed by atoms with Gasteiger partial charge in [0.25, 0.3) is 0 Å². The number of nitrogens with one attached hydrogen (secondary N) is 1. The molecule has 0 aromatic heterocycles. The molecule has 0 bridgehead atoms. The third-order valence-electron chi connectivity index (χ3n) is 3.50. The van der Waals surface area contributed by atoms with Crippen molar-refractivity contribution in [3.63, 3.8) is 0 Å². The van der Waals surface area contributed by atoms with Crippen LogP contribution in [0.15, 0.2) is 30.3 Å². The topological polar surface area (TPSA) is 81.7 Å². The SMILES string of the molecule is COC(=O)C[C@H](CC(=O)OC(C)(C)C)C(=O)N[C@H](C)c1ccccc1. The van der Waals surface area contributed by atoms with Crippen molar-refractivity contribution in [2.45, 2.75) is 52.2 Å². The van der Waals surface area contributed by atoms with Crippen molar-refractivity contribution >= 4 is 17.8 Å². The van der Waals surface area contributed by atoms with Crippen LogP contribution < -0.4 is 5.32 Å². The van der Waals surface area contributed by atoms with Crippen molar-refractivity contribution < 1.29 is 23.9 Å². The average molecular weight is 349 g/mol. The van der Waals surface area contributed by atoms with Gasteiger partial charge < -0.3 is 14.8 Å². The van der Waals surface area contributed by atoms with Crippen molar-refractivity contribution in [1.29, 1.82) is 0 Å². The van der Waals surface area contributed by atoms with Crippen molar-refractivity contribution in [3.8, 4) is 0 Å². The second-order valence-corrected chi connectivity index (χ2v) is 6.91. The highest BCUT2D eigenvalue weighted by molar-refractivity contribution is 5.87. The number of hydrogen-bond donors (Lipinski definition) is 1. The summed E-state index contributed by atoms with van der Waals surface area (Å²) in [7, 11) is 1.25. The van der Waals surface area contributed by atoms with Gasteiger partial charge in [-0.05, 0) is 33.3 Å². The highest BCUT2D eigenvalue weighted by atomic mass is 16.6. The molecule has 6 nitrogen and oxygen atoms in total. The van der Waals surface area contributed by atoms with Crippen LogP contribution in [0.3, 0.4) is 0 Å². The van der Waals surface area contributed by atoms with E-state index in [0.717, 1.165) is 5.56 Å². The summed E-state index contributed by atoms with van der Waals surface area (Å²) >= 11 is 0. The molecule has 138 valence electrons. The lowest BCUT2D eigenvalue weighted by Gasteiger charge is -2.23. The Morgan fingerprint density at radius 3 is 2.12 bits per heavy atom. The van der Waals surface area contributed by atoms with Gasteiger partial charge in [0.2, 0.25) is 5.91 Å². The fraction of sp³-hybridized carbons (Fsp3) is 0.526. The molecular weight excluding hydrogens is 322 g/mol. The van der Waals surface area contributed by atoms with Gasteiger partial charge >= 0.3 is 11.9 Å². The number of hydrogen-bond acceptors (Lipinski definition) is 5. The zero-order valence-electron chi connectivity index (χ0n) is 15.5. The van der Waals surface area contributed by atoms with Crippen LogP contribution in [0.1, 0.15) is 52.1 Å². The van der Waals surface area contributed by atoms with Crippen molar-refractivity contribution in [3.05, 3.63) is 35.9 Å². The molecule has 0 aliphatic heterocycles. The Hall–Kier alpha value is -2.37. The zero-order valence-corrected chi connectivity index (χ0v) is 15.5. The van der Waals surface area contributed by atoms with Crippen LogP contribution >= 0.6 is 0 Å². The summed E-state index contributed by atoms with van der Waals surface area (Å²) in [5, 5.41) is 2.84. The summed E-state index contributed by atoms with van der Waals surface area (Å²) in [5.74, 6) is -2.29. The van der Waals surface area contributed by atoms with Gasteiger partial charge in [-0.3, -0.25) is 14.4 Å². The molecule has 0 unspecified atom stereocenters. The molecule has 1 aromatic carbocycles. The molecule has 25 heavy (non-hydrogen) atoms. The monoisotopic (exact) mass is 349 g/mol. The van der Waals surface area contributed by atoms with Gasteiger partial charge in [-0.15, -0.1) is 0 Å². The molecular formula is C19H27NO5. The minimum atomic E-state index is -0.839. The summed E-state index contributed by atoms with van der Waals surface area (Å²) in [4.78, 5) is 36.2. The number of amides is 1. The normalized spacial score (nSPS) is 13.5. The fourth-order valence-electron chi connectivity index (χ4n) is 2.28. The molecule has 0 aliphatic rings. The molecule has 6 heteroatoms. The largest absolute Gasteiger partial charge is 0.469 e. The van der Waals surface area contributed by atoms with E-state index in [4.69, 9.17) is 4.74 Å². The zero-order chi connectivity index (χ0) is 19.0. The average Bonchev–Trinajstić information content (AvgIpc) is 2.53. The molecule has 1 N–H and O–H groups in total. The van der Waals surface area contributed by atoms with E-state index >= 15 is 0 Å². The molecule has 1 amide bonds. The quantitative estimate of drug-likeness (QED) is 0.766. The maximum absolute atomic E-state index is 12.6. The molecule has 0 saturated carbocycles. The van der Waals surface area contributed by atoms with Crippen LogP contribution in [0, 0.1) is 5.92 Å². The van der Waals surface area contributed by atoms with Gasteiger partial charge in [-0.1, -0.05) is 30.3 Å². The number of benzene rings is 1. The number of carbonyl (C=O) groups is 3. The lowest BCUT2D eigenvalue weighted by Crippen LogP contribution is -2.36. The second kappa shape index (κ2) is 9.20. The molecule has 0 aliphatic carbocycles. The summed E-state index contributed by atoms with van der Waals surface area (Å²) in [6, 6.07) is 9.20. The Bertz CT molecular complexity index is 592. The third kappa shape index (κ3) is 7.83. The maximum atomic E-state index is 12.6. The Kier molecular flexibility index (Phi) is 7.61. The Morgan fingerprint density at radius 1 is 1.04 bits per heavy atom. The lowest BCUT2D eigenvalue weighted by molar-refractivity contribution is -0.158. The van der Waals surface area contributed by atoms with Crippen LogP contribution in [0.5, 0.6) is 0 Å². The fourth-order valence-corrected chi connectivity index (χ4v) is 2.28. The van der Waals surface area contributed by atoms with Crippen molar-refractivity contribution in [1.82, 2.24) is 5.32 Å². The van der Waals surface area contributed by atoms with Gasteiger partial charge in [-0.25, -0.2) is 0 Å². The lowest BCUT2D eigenvalue weighted by atomic mass is 9.99. The van der Waals surface area contributed by atoms with Gasteiger partial charge in [0.1, 0.15) is 5.60 Å². The van der Waals surface area contributed by atoms with Crippen LogP contribution in [-0.2, 0) is 23.9 Å². The minimum absolute atomic E-state index is 0.177. The number of ether oxygens (including phenoxy) is 2. The highest BCUT2D eigenvalue weighted by Gasteiger charge is 2.28. The Balaban J connectivity index is 2.78. The first-order chi connectivity index (χ1) is 11.6. The molecule has 1 rings (SSSR count). The van der Waals surface area contributed by atoms with Crippen LogP contribution in [-0.4, -0.2) is 30.6 Å². The van der Waals surface area contributed by atoms with E-state index in [2.05, 4.69) is 10.1 Å². The van der Waals surface area contributed by atoms with Gasteiger partial charge in [-0.2, -0.15) is 0 Å². The Morgan fingerprint density at radius 2 is 1.60 bits per heavy atom.